The normalized spacial score (nSPS) is 11.4. The van der Waals surface area contributed by atoms with Crippen molar-refractivity contribution in [2.24, 2.45) is 0 Å². The van der Waals surface area contributed by atoms with Crippen LogP contribution in [0, 0.1) is 0 Å². The molecule has 128 valence electrons. The van der Waals surface area contributed by atoms with Crippen LogP contribution < -0.4 is 4.72 Å². The summed E-state index contributed by atoms with van der Waals surface area (Å²) in [6, 6.07) is 11.5. The summed E-state index contributed by atoms with van der Waals surface area (Å²) < 4.78 is 33.4. The first kappa shape index (κ1) is 18.5. The average molecular weight is 412 g/mol. The van der Waals surface area contributed by atoms with Gasteiger partial charge in [-0.15, -0.1) is 0 Å². The minimum atomic E-state index is -3.94. The average Bonchev–Trinajstić information content (AvgIpc) is 2.53. The lowest BCUT2D eigenvalue weighted by atomic mass is 10.0. The third kappa shape index (κ3) is 3.96. The smallest absolute Gasteiger partial charge is 0.339 e. The second kappa shape index (κ2) is 7.36. The highest BCUT2D eigenvalue weighted by molar-refractivity contribution is 9.10. The van der Waals surface area contributed by atoms with Gasteiger partial charge in [0.25, 0.3) is 10.0 Å². The largest absolute Gasteiger partial charge is 0.465 e. The predicted molar refractivity (Wildman–Crippen MR) is 96.8 cm³/mol. The van der Waals surface area contributed by atoms with Gasteiger partial charge in [0, 0.05) is 4.47 Å². The van der Waals surface area contributed by atoms with Gasteiger partial charge in [-0.1, -0.05) is 48.0 Å². The zero-order chi connectivity index (χ0) is 17.9. The number of para-hydroxylation sites is 1. The number of methoxy groups -OCH3 is 1. The number of esters is 1. The zero-order valence-corrected chi connectivity index (χ0v) is 15.9. The van der Waals surface area contributed by atoms with Crippen molar-refractivity contribution in [2.45, 2.75) is 24.7 Å². The molecule has 24 heavy (non-hydrogen) atoms. The van der Waals surface area contributed by atoms with E-state index >= 15 is 0 Å². The summed E-state index contributed by atoms with van der Waals surface area (Å²) in [7, 11) is -2.73. The van der Waals surface area contributed by atoms with Gasteiger partial charge in [0.15, 0.2) is 0 Å². The van der Waals surface area contributed by atoms with Crippen LogP contribution >= 0.6 is 15.9 Å². The van der Waals surface area contributed by atoms with E-state index in [0.29, 0.717) is 10.2 Å². The molecule has 2 aromatic rings. The molecular formula is C17H18BrNO4S. The van der Waals surface area contributed by atoms with Crippen LogP contribution in [0.25, 0.3) is 0 Å². The number of ether oxygens (including phenoxy) is 1. The zero-order valence-electron chi connectivity index (χ0n) is 13.5. The number of carbonyl (C=O) groups is 1. The van der Waals surface area contributed by atoms with Crippen LogP contribution in [0.15, 0.2) is 51.8 Å². The van der Waals surface area contributed by atoms with Crippen molar-refractivity contribution in [2.75, 3.05) is 11.8 Å². The molecule has 0 aliphatic rings. The number of anilines is 1. The number of halogens is 1. The van der Waals surface area contributed by atoms with E-state index in [9.17, 15) is 13.2 Å². The Balaban J connectivity index is 2.51. The molecule has 0 unspecified atom stereocenters. The maximum absolute atomic E-state index is 12.8. The van der Waals surface area contributed by atoms with Gasteiger partial charge in [-0.2, -0.15) is 0 Å². The highest BCUT2D eigenvalue weighted by Gasteiger charge is 2.24. The number of sulfonamides is 1. The molecule has 1 N–H and O–H groups in total. The molecule has 0 atom stereocenters. The summed E-state index contributed by atoms with van der Waals surface area (Å²) in [5.41, 5.74) is 1.34. The van der Waals surface area contributed by atoms with Crippen molar-refractivity contribution in [3.8, 4) is 0 Å². The van der Waals surface area contributed by atoms with Crippen molar-refractivity contribution < 1.29 is 17.9 Å². The van der Waals surface area contributed by atoms with Crippen LogP contribution in [0.2, 0.25) is 0 Å². The molecule has 2 rings (SSSR count). The van der Waals surface area contributed by atoms with E-state index in [1.165, 1.54) is 19.2 Å². The summed E-state index contributed by atoms with van der Waals surface area (Å²) in [6.45, 7) is 3.96. The number of benzene rings is 2. The molecule has 0 amide bonds. The molecule has 7 heteroatoms. The van der Waals surface area contributed by atoms with E-state index in [1.54, 1.807) is 18.2 Å². The Hall–Kier alpha value is -1.86. The highest BCUT2D eigenvalue weighted by atomic mass is 79.9. The SMILES string of the molecule is COC(=O)c1cc(Br)ccc1S(=O)(=O)Nc1ccccc1C(C)C. The third-order valence-electron chi connectivity index (χ3n) is 3.46. The number of hydrogen-bond donors (Lipinski definition) is 1. The van der Waals surface area contributed by atoms with Gasteiger partial charge in [-0.05, 0) is 35.7 Å². The summed E-state index contributed by atoms with van der Waals surface area (Å²) in [4.78, 5) is 11.8. The van der Waals surface area contributed by atoms with Crippen LogP contribution in [0.3, 0.4) is 0 Å². The second-order valence-electron chi connectivity index (χ2n) is 5.48. The Morgan fingerprint density at radius 3 is 2.46 bits per heavy atom. The Morgan fingerprint density at radius 1 is 1.17 bits per heavy atom. The maximum atomic E-state index is 12.8. The van der Waals surface area contributed by atoms with Gasteiger partial charge in [0.2, 0.25) is 0 Å². The lowest BCUT2D eigenvalue weighted by molar-refractivity contribution is 0.0596. The molecule has 2 aromatic carbocycles. The first-order valence-electron chi connectivity index (χ1n) is 7.26. The molecular weight excluding hydrogens is 394 g/mol. The lowest BCUT2D eigenvalue weighted by Crippen LogP contribution is -2.18. The van der Waals surface area contributed by atoms with E-state index in [1.807, 2.05) is 26.0 Å². The Labute approximate surface area is 150 Å². The van der Waals surface area contributed by atoms with E-state index in [-0.39, 0.29) is 16.4 Å². The molecule has 5 nitrogen and oxygen atoms in total. The van der Waals surface area contributed by atoms with Gasteiger partial charge in [0.1, 0.15) is 4.90 Å². The van der Waals surface area contributed by atoms with Crippen LogP contribution in [-0.4, -0.2) is 21.5 Å². The maximum Gasteiger partial charge on any atom is 0.339 e. The van der Waals surface area contributed by atoms with Crippen LogP contribution in [0.1, 0.15) is 35.7 Å². The van der Waals surface area contributed by atoms with E-state index in [0.717, 1.165) is 5.56 Å². The van der Waals surface area contributed by atoms with Gasteiger partial charge in [-0.3, -0.25) is 4.72 Å². The van der Waals surface area contributed by atoms with Gasteiger partial charge in [-0.25, -0.2) is 13.2 Å². The molecule has 0 aliphatic carbocycles. The molecule has 0 saturated carbocycles. The first-order valence-corrected chi connectivity index (χ1v) is 9.53. The molecule has 0 bridgehead atoms. The number of hydrogen-bond acceptors (Lipinski definition) is 4. The molecule has 0 aromatic heterocycles. The molecule has 0 heterocycles. The number of carbonyl (C=O) groups excluding carboxylic acids is 1. The Morgan fingerprint density at radius 2 is 1.83 bits per heavy atom. The Kier molecular flexibility index (Phi) is 5.66. The number of rotatable bonds is 5. The van der Waals surface area contributed by atoms with Crippen LogP contribution in [-0.2, 0) is 14.8 Å². The first-order chi connectivity index (χ1) is 11.3. The lowest BCUT2D eigenvalue weighted by Gasteiger charge is -2.16. The topological polar surface area (TPSA) is 72.5 Å². The Bertz CT molecular complexity index is 863. The van der Waals surface area contributed by atoms with Crippen molar-refractivity contribution in [3.05, 3.63) is 58.1 Å². The van der Waals surface area contributed by atoms with E-state index in [4.69, 9.17) is 0 Å². The fourth-order valence-electron chi connectivity index (χ4n) is 2.30. The van der Waals surface area contributed by atoms with Gasteiger partial charge < -0.3 is 4.74 Å². The van der Waals surface area contributed by atoms with Gasteiger partial charge in [0.05, 0.1) is 18.4 Å². The van der Waals surface area contributed by atoms with Crippen molar-refractivity contribution in [1.29, 1.82) is 0 Å². The second-order valence-corrected chi connectivity index (χ2v) is 8.05. The summed E-state index contributed by atoms with van der Waals surface area (Å²) in [6.07, 6.45) is 0. The van der Waals surface area contributed by atoms with E-state index in [2.05, 4.69) is 25.4 Å². The summed E-state index contributed by atoms with van der Waals surface area (Å²) in [5.74, 6) is -0.567. The number of nitrogens with one attached hydrogen (secondary N) is 1. The van der Waals surface area contributed by atoms with Crippen molar-refractivity contribution >= 4 is 37.6 Å². The molecule has 0 aliphatic heterocycles. The van der Waals surface area contributed by atoms with Crippen molar-refractivity contribution in [1.82, 2.24) is 0 Å². The monoisotopic (exact) mass is 411 g/mol. The highest BCUT2D eigenvalue weighted by Crippen LogP contribution is 2.28. The fourth-order valence-corrected chi connectivity index (χ4v) is 3.92. The fraction of sp³-hybridized carbons (Fsp3) is 0.235. The van der Waals surface area contributed by atoms with Gasteiger partial charge >= 0.3 is 5.97 Å². The van der Waals surface area contributed by atoms with Crippen LogP contribution in [0.5, 0.6) is 0 Å². The minimum absolute atomic E-state index is 0.0265. The molecule has 0 radical (unpaired) electrons. The standard InChI is InChI=1S/C17H18BrNO4S/c1-11(2)13-6-4-5-7-15(13)19-24(21,22)16-9-8-12(18)10-14(16)17(20)23-3/h4-11,19H,1-3H3. The molecule has 0 saturated heterocycles. The molecule has 0 fully saturated rings. The van der Waals surface area contributed by atoms with Crippen LogP contribution in [0.4, 0.5) is 5.69 Å². The minimum Gasteiger partial charge on any atom is -0.465 e. The summed E-state index contributed by atoms with van der Waals surface area (Å²) in [5, 5.41) is 0. The van der Waals surface area contributed by atoms with E-state index < -0.39 is 16.0 Å². The molecule has 0 spiro atoms. The van der Waals surface area contributed by atoms with Crippen molar-refractivity contribution in [3.63, 3.8) is 0 Å². The summed E-state index contributed by atoms with van der Waals surface area (Å²) >= 11 is 3.24. The predicted octanol–water partition coefficient (Wildman–Crippen LogP) is 4.16. The third-order valence-corrected chi connectivity index (χ3v) is 5.38. The quantitative estimate of drug-likeness (QED) is 0.749.